The summed E-state index contributed by atoms with van der Waals surface area (Å²) in [5.41, 5.74) is -6.02. The van der Waals surface area contributed by atoms with E-state index in [9.17, 15) is 26.4 Å². The number of carbonyl (C=O) groups excluding carboxylic acids is 1. The fourth-order valence-electron chi connectivity index (χ4n) is 2.00. The predicted octanol–water partition coefficient (Wildman–Crippen LogP) is 2.90. The lowest BCUT2D eigenvalue weighted by atomic mass is 10.2. The van der Waals surface area contributed by atoms with Crippen molar-refractivity contribution in [1.82, 2.24) is 9.97 Å². The summed E-state index contributed by atoms with van der Waals surface area (Å²) in [6.45, 7) is 1.68. The minimum absolute atomic E-state index is 0.00846. The molecule has 0 atom stereocenters. The molecule has 0 N–H and O–H groups in total. The van der Waals surface area contributed by atoms with E-state index in [-0.39, 0.29) is 28.6 Å². The Morgan fingerprint density at radius 2 is 1.86 bits per heavy atom. The third kappa shape index (κ3) is 5.20. The van der Waals surface area contributed by atoms with Gasteiger partial charge in [0.15, 0.2) is 5.69 Å². The Morgan fingerprint density at radius 3 is 2.41 bits per heavy atom. The van der Waals surface area contributed by atoms with Crippen LogP contribution in [0.3, 0.4) is 0 Å². The van der Waals surface area contributed by atoms with Crippen LogP contribution in [0.1, 0.15) is 29.4 Å². The lowest BCUT2D eigenvalue weighted by Crippen LogP contribution is -2.28. The van der Waals surface area contributed by atoms with Crippen molar-refractivity contribution in [1.29, 1.82) is 0 Å². The second-order valence-electron chi connectivity index (χ2n) is 5.13. The van der Waals surface area contributed by atoms with Gasteiger partial charge in [-0.2, -0.15) is 21.6 Å². The van der Waals surface area contributed by atoms with Crippen LogP contribution in [-0.4, -0.2) is 50.7 Å². The quantitative estimate of drug-likeness (QED) is 0.256. The number of halogens is 3. The average Bonchev–Trinajstić information content (AvgIpc) is 3.12. The maximum atomic E-state index is 12.8. The maximum absolute atomic E-state index is 12.8. The highest BCUT2D eigenvalue weighted by Crippen LogP contribution is 2.36. The summed E-state index contributed by atoms with van der Waals surface area (Å²) in [5, 5.41) is 1.29. The van der Waals surface area contributed by atoms with Crippen LogP contribution < -0.4 is 4.18 Å². The zero-order chi connectivity index (χ0) is 21.8. The van der Waals surface area contributed by atoms with E-state index in [1.165, 1.54) is 31.7 Å². The highest BCUT2D eigenvalue weighted by molar-refractivity contribution is 7.88. The fourth-order valence-corrected chi connectivity index (χ4v) is 3.23. The van der Waals surface area contributed by atoms with Crippen LogP contribution in [0.25, 0.3) is 10.6 Å². The Balaban J connectivity index is 2.55. The molecule has 0 saturated heterocycles. The van der Waals surface area contributed by atoms with Gasteiger partial charge in [0, 0.05) is 19.6 Å². The van der Waals surface area contributed by atoms with Crippen LogP contribution in [0, 0.1) is 0 Å². The first kappa shape index (κ1) is 23.0. The van der Waals surface area contributed by atoms with Gasteiger partial charge in [-0.05, 0) is 19.1 Å². The molecule has 0 fully saturated rings. The molecule has 0 spiro atoms. The summed E-state index contributed by atoms with van der Waals surface area (Å²) in [7, 11) is -3.51. The summed E-state index contributed by atoms with van der Waals surface area (Å²) in [4.78, 5) is 19.5. The topological polar surface area (TPSA) is 114 Å². The predicted molar refractivity (Wildman–Crippen MR) is 93.7 cm³/mol. The third-order valence-corrected chi connectivity index (χ3v) is 5.06. The number of thiazole rings is 1. The molecule has 0 aliphatic carbocycles. The zero-order valence-electron chi connectivity index (χ0n) is 15.2. The van der Waals surface area contributed by atoms with E-state index in [1.54, 1.807) is 6.92 Å². The number of methoxy groups -OCH3 is 2. The molecule has 0 aliphatic heterocycles. The molecule has 2 aromatic rings. The van der Waals surface area contributed by atoms with Gasteiger partial charge in [0.1, 0.15) is 10.7 Å². The number of pyridine rings is 1. The van der Waals surface area contributed by atoms with Gasteiger partial charge in [-0.3, -0.25) is 0 Å². The van der Waals surface area contributed by atoms with Gasteiger partial charge >= 0.3 is 21.6 Å². The van der Waals surface area contributed by atoms with E-state index in [1.807, 2.05) is 0 Å². The van der Waals surface area contributed by atoms with E-state index < -0.39 is 33.8 Å². The van der Waals surface area contributed by atoms with Crippen LogP contribution >= 0.6 is 11.3 Å². The SMILES string of the molecule is CCOC(=O)c1csc(-c2ccc(C(OC)OC)nc2OS(=O)(=O)C(F)(F)F)n1. The number of hydrogen-bond donors (Lipinski definition) is 0. The van der Waals surface area contributed by atoms with Crippen molar-refractivity contribution in [3.8, 4) is 16.5 Å². The normalized spacial score (nSPS) is 12.2. The van der Waals surface area contributed by atoms with Crippen molar-refractivity contribution >= 4 is 27.4 Å². The second-order valence-corrected chi connectivity index (χ2v) is 7.53. The first-order chi connectivity index (χ1) is 13.5. The largest absolute Gasteiger partial charge is 0.534 e. The third-order valence-electron chi connectivity index (χ3n) is 3.24. The van der Waals surface area contributed by atoms with Crippen molar-refractivity contribution in [2.45, 2.75) is 18.7 Å². The molecule has 0 aliphatic rings. The Kier molecular flexibility index (Phi) is 7.15. The molecule has 29 heavy (non-hydrogen) atoms. The Bertz CT molecular complexity index is 973. The van der Waals surface area contributed by atoms with Crippen LogP contribution in [0.4, 0.5) is 13.2 Å². The van der Waals surface area contributed by atoms with E-state index in [4.69, 9.17) is 14.2 Å². The summed E-state index contributed by atoms with van der Waals surface area (Å²) in [6, 6.07) is 2.55. The zero-order valence-corrected chi connectivity index (χ0v) is 16.9. The first-order valence-corrected chi connectivity index (χ1v) is 10.0. The summed E-state index contributed by atoms with van der Waals surface area (Å²) in [6.07, 6.45) is -1.09. The van der Waals surface area contributed by atoms with Gasteiger partial charge in [0.2, 0.25) is 12.2 Å². The molecule has 14 heteroatoms. The van der Waals surface area contributed by atoms with Crippen molar-refractivity contribution in [3.63, 3.8) is 0 Å². The monoisotopic (exact) mass is 456 g/mol. The highest BCUT2D eigenvalue weighted by Gasteiger charge is 2.49. The van der Waals surface area contributed by atoms with E-state index in [0.717, 1.165) is 11.3 Å². The first-order valence-electron chi connectivity index (χ1n) is 7.74. The molecular formula is C15H15F3N2O7S2. The smallest absolute Gasteiger partial charge is 0.461 e. The molecular weight excluding hydrogens is 441 g/mol. The minimum atomic E-state index is -6.01. The lowest BCUT2D eigenvalue weighted by Gasteiger charge is -2.16. The molecule has 0 aromatic carbocycles. The highest BCUT2D eigenvalue weighted by atomic mass is 32.2. The van der Waals surface area contributed by atoms with Crippen LogP contribution in [-0.2, 0) is 24.3 Å². The van der Waals surface area contributed by atoms with E-state index in [2.05, 4.69) is 14.2 Å². The van der Waals surface area contributed by atoms with Crippen LogP contribution in [0.2, 0.25) is 0 Å². The number of hydrogen-bond acceptors (Lipinski definition) is 10. The van der Waals surface area contributed by atoms with E-state index in [0.29, 0.717) is 0 Å². The molecule has 2 aromatic heterocycles. The van der Waals surface area contributed by atoms with Gasteiger partial charge in [-0.15, -0.1) is 11.3 Å². The molecule has 0 unspecified atom stereocenters. The molecule has 160 valence electrons. The number of nitrogens with zero attached hydrogens (tertiary/aromatic N) is 2. The van der Waals surface area contributed by atoms with Gasteiger partial charge in [-0.1, -0.05) is 0 Å². The Hall–Kier alpha value is -2.29. The number of rotatable bonds is 8. The lowest BCUT2D eigenvalue weighted by molar-refractivity contribution is -0.108. The van der Waals surface area contributed by atoms with Crippen molar-refractivity contribution in [2.75, 3.05) is 20.8 Å². The van der Waals surface area contributed by atoms with Crippen LogP contribution in [0.5, 0.6) is 5.88 Å². The van der Waals surface area contributed by atoms with Crippen LogP contribution in [0.15, 0.2) is 17.5 Å². The summed E-state index contributed by atoms with van der Waals surface area (Å²) in [5.74, 6) is -1.65. The van der Waals surface area contributed by atoms with Gasteiger partial charge in [0.25, 0.3) is 0 Å². The molecule has 2 heterocycles. The number of esters is 1. The Labute approximate surface area is 167 Å². The number of alkyl halides is 3. The van der Waals surface area contributed by atoms with Crippen molar-refractivity contribution in [2.24, 2.45) is 0 Å². The van der Waals surface area contributed by atoms with Gasteiger partial charge < -0.3 is 18.4 Å². The molecule has 2 rings (SSSR count). The number of aromatic nitrogens is 2. The molecule has 0 saturated carbocycles. The fraction of sp³-hybridized carbons (Fsp3) is 0.400. The number of carbonyl (C=O) groups is 1. The van der Waals surface area contributed by atoms with E-state index >= 15 is 0 Å². The molecule has 0 amide bonds. The molecule has 0 radical (unpaired) electrons. The van der Waals surface area contributed by atoms with Gasteiger partial charge in [0.05, 0.1) is 12.2 Å². The minimum Gasteiger partial charge on any atom is -0.461 e. The second kappa shape index (κ2) is 9.02. The van der Waals surface area contributed by atoms with Crippen molar-refractivity contribution < 1.29 is 44.8 Å². The maximum Gasteiger partial charge on any atom is 0.534 e. The number of ether oxygens (including phenoxy) is 3. The standard InChI is InChI=1S/C15H15F3N2O7S2/c1-4-26-13(21)10-7-28-12(20-10)8-5-6-9(14(24-2)25-3)19-11(8)27-29(22,23)15(16,17)18/h5-7,14H,4H2,1-3H3. The van der Waals surface area contributed by atoms with Crippen molar-refractivity contribution in [3.05, 3.63) is 28.9 Å². The molecule has 0 bridgehead atoms. The molecule has 9 nitrogen and oxygen atoms in total. The summed E-state index contributed by atoms with van der Waals surface area (Å²) < 4.78 is 80.2. The van der Waals surface area contributed by atoms with Gasteiger partial charge in [-0.25, -0.2) is 14.8 Å². The average molecular weight is 456 g/mol. The summed E-state index contributed by atoms with van der Waals surface area (Å²) >= 11 is 0.860. The Morgan fingerprint density at radius 1 is 1.21 bits per heavy atom.